The van der Waals surface area contributed by atoms with E-state index >= 15 is 0 Å². The van der Waals surface area contributed by atoms with Crippen LogP contribution in [0.25, 0.3) is 33.2 Å². The summed E-state index contributed by atoms with van der Waals surface area (Å²) >= 11 is 17.8. The van der Waals surface area contributed by atoms with E-state index in [-0.39, 0.29) is 0 Å². The van der Waals surface area contributed by atoms with E-state index in [1.165, 1.54) is 21.8 Å². The number of halogens is 2. The maximum atomic E-state index is 6.36. The van der Waals surface area contributed by atoms with Gasteiger partial charge in [-0.1, -0.05) is 47.5 Å². The highest BCUT2D eigenvalue weighted by atomic mass is 35.5. The maximum Gasteiger partial charge on any atom is 0.216 e. The summed E-state index contributed by atoms with van der Waals surface area (Å²) in [7, 11) is 0. The number of aryl methyl sites for hydroxylation is 1. The molecule has 0 saturated heterocycles. The molecule has 1 N–H and O–H groups in total. The number of H-pyrrole nitrogens is 1. The summed E-state index contributed by atoms with van der Waals surface area (Å²) in [6.07, 6.45) is 1.77. The number of fused-ring (bicyclic) bond motifs is 3. The fourth-order valence-electron chi connectivity index (χ4n) is 3.86. The van der Waals surface area contributed by atoms with Crippen molar-refractivity contribution < 1.29 is 0 Å². The first-order chi connectivity index (χ1) is 15.1. The Labute approximate surface area is 193 Å². The van der Waals surface area contributed by atoms with Gasteiger partial charge in [0.1, 0.15) is 0 Å². The Balaban J connectivity index is 1.60. The lowest BCUT2D eigenvalue weighted by molar-refractivity contribution is 0.827. The molecule has 5 nitrogen and oxygen atoms in total. The van der Waals surface area contributed by atoms with Crippen LogP contribution in [0.2, 0.25) is 10.0 Å². The maximum absolute atomic E-state index is 6.36. The van der Waals surface area contributed by atoms with Crippen LogP contribution < -0.4 is 0 Å². The van der Waals surface area contributed by atoms with Gasteiger partial charge in [-0.15, -0.1) is 0 Å². The van der Waals surface area contributed by atoms with Crippen LogP contribution in [-0.4, -0.2) is 25.7 Å². The van der Waals surface area contributed by atoms with Crippen LogP contribution in [0.1, 0.15) is 12.5 Å². The molecule has 0 amide bonds. The number of hydrogen-bond acceptors (Lipinski definition) is 3. The van der Waals surface area contributed by atoms with Gasteiger partial charge in [-0.2, -0.15) is 14.9 Å². The Bertz CT molecular complexity index is 1530. The zero-order valence-corrected chi connectivity index (χ0v) is 18.8. The molecule has 3 aromatic carbocycles. The molecule has 0 radical (unpaired) electrons. The van der Waals surface area contributed by atoms with Crippen LogP contribution in [0.3, 0.4) is 0 Å². The molecule has 5 rings (SSSR count). The van der Waals surface area contributed by atoms with Crippen molar-refractivity contribution >= 4 is 63.4 Å². The van der Waals surface area contributed by atoms with E-state index in [1.54, 1.807) is 29.1 Å². The SMILES string of the molecule is CCn1c2ccccc2c2cc(C=Nn3c(-c4ccc(Cl)cc4Cl)n[nH]c3=S)ccc21. The highest BCUT2D eigenvalue weighted by Gasteiger charge is 2.13. The standard InChI is InChI=1S/C23H17Cl2N5S/c1-2-29-20-6-4-3-5-16(20)18-11-14(7-10-21(18)29)13-26-30-22(27-28-23(30)31)17-9-8-15(24)12-19(17)25/h3-13H,2H2,1H3,(H,28,31). The van der Waals surface area contributed by atoms with E-state index < -0.39 is 0 Å². The number of aromatic amines is 1. The van der Waals surface area contributed by atoms with Gasteiger partial charge in [0, 0.05) is 38.9 Å². The van der Waals surface area contributed by atoms with Gasteiger partial charge in [-0.3, -0.25) is 0 Å². The van der Waals surface area contributed by atoms with Gasteiger partial charge >= 0.3 is 0 Å². The Morgan fingerprint density at radius 1 is 1.03 bits per heavy atom. The molecule has 2 heterocycles. The summed E-state index contributed by atoms with van der Waals surface area (Å²) < 4.78 is 4.25. The van der Waals surface area contributed by atoms with E-state index in [0.29, 0.717) is 26.2 Å². The summed E-state index contributed by atoms with van der Waals surface area (Å²) in [5, 5.41) is 15.1. The molecule has 0 unspecified atom stereocenters. The Kier molecular flexibility index (Phi) is 5.14. The van der Waals surface area contributed by atoms with Crippen molar-refractivity contribution in [2.24, 2.45) is 5.10 Å². The van der Waals surface area contributed by atoms with Gasteiger partial charge in [0.15, 0.2) is 5.82 Å². The van der Waals surface area contributed by atoms with Gasteiger partial charge in [-0.05, 0) is 61.1 Å². The predicted molar refractivity (Wildman–Crippen MR) is 131 cm³/mol. The van der Waals surface area contributed by atoms with Crippen LogP contribution in [0, 0.1) is 4.77 Å². The molecular formula is C23H17Cl2N5S. The highest BCUT2D eigenvalue weighted by Crippen LogP contribution is 2.30. The second-order valence-electron chi connectivity index (χ2n) is 7.07. The van der Waals surface area contributed by atoms with E-state index in [9.17, 15) is 0 Å². The third kappa shape index (κ3) is 3.47. The van der Waals surface area contributed by atoms with Crippen molar-refractivity contribution in [3.63, 3.8) is 0 Å². The molecule has 8 heteroatoms. The largest absolute Gasteiger partial charge is 0.341 e. The molecule has 0 fully saturated rings. The molecule has 0 spiro atoms. The van der Waals surface area contributed by atoms with Crippen molar-refractivity contribution in [1.29, 1.82) is 0 Å². The van der Waals surface area contributed by atoms with Crippen LogP contribution in [0.15, 0.2) is 65.8 Å². The Morgan fingerprint density at radius 3 is 2.65 bits per heavy atom. The predicted octanol–water partition coefficient (Wildman–Crippen LogP) is 6.92. The molecule has 31 heavy (non-hydrogen) atoms. The summed E-state index contributed by atoms with van der Waals surface area (Å²) in [5.41, 5.74) is 4.08. The van der Waals surface area contributed by atoms with Crippen molar-refractivity contribution in [3.8, 4) is 11.4 Å². The fourth-order valence-corrected chi connectivity index (χ4v) is 4.53. The number of benzene rings is 3. The molecule has 0 aliphatic carbocycles. The topological polar surface area (TPSA) is 50.9 Å². The quantitative estimate of drug-likeness (QED) is 0.231. The van der Waals surface area contributed by atoms with E-state index in [0.717, 1.165) is 12.1 Å². The van der Waals surface area contributed by atoms with Gasteiger partial charge < -0.3 is 4.57 Å². The molecule has 0 aliphatic heterocycles. The lowest BCUT2D eigenvalue weighted by Gasteiger charge is -2.04. The summed E-state index contributed by atoms with van der Waals surface area (Å²) in [6, 6.07) is 20.0. The summed E-state index contributed by atoms with van der Waals surface area (Å²) in [6.45, 7) is 3.07. The van der Waals surface area contributed by atoms with Gasteiger partial charge in [0.05, 0.1) is 11.2 Å². The van der Waals surface area contributed by atoms with Crippen LogP contribution in [0.5, 0.6) is 0 Å². The minimum Gasteiger partial charge on any atom is -0.341 e. The average Bonchev–Trinajstić information content (AvgIpc) is 3.29. The van der Waals surface area contributed by atoms with E-state index in [2.05, 4.69) is 69.3 Å². The monoisotopic (exact) mass is 465 g/mol. The molecule has 0 bridgehead atoms. The first kappa shape index (κ1) is 20.0. The highest BCUT2D eigenvalue weighted by molar-refractivity contribution is 7.71. The third-order valence-electron chi connectivity index (χ3n) is 5.26. The van der Waals surface area contributed by atoms with Crippen molar-refractivity contribution in [3.05, 3.63) is 81.0 Å². The molecular weight excluding hydrogens is 449 g/mol. The van der Waals surface area contributed by atoms with Gasteiger partial charge in [0.25, 0.3) is 0 Å². The first-order valence-corrected chi connectivity index (χ1v) is 10.9. The van der Waals surface area contributed by atoms with Crippen LogP contribution >= 0.6 is 35.4 Å². The second kappa shape index (κ2) is 7.96. The zero-order valence-electron chi connectivity index (χ0n) is 16.5. The summed E-state index contributed by atoms with van der Waals surface area (Å²) in [5.74, 6) is 0.520. The number of rotatable bonds is 4. The normalized spacial score (nSPS) is 11.8. The van der Waals surface area contributed by atoms with E-state index in [4.69, 9.17) is 35.4 Å². The van der Waals surface area contributed by atoms with Crippen molar-refractivity contribution in [2.45, 2.75) is 13.5 Å². The smallest absolute Gasteiger partial charge is 0.216 e. The molecule has 0 aliphatic rings. The molecule has 5 aromatic rings. The molecule has 154 valence electrons. The Hall–Kier alpha value is -2.93. The van der Waals surface area contributed by atoms with Gasteiger partial charge in [0.2, 0.25) is 4.77 Å². The van der Waals surface area contributed by atoms with Crippen LogP contribution in [0.4, 0.5) is 0 Å². The molecule has 0 saturated carbocycles. The number of hydrogen-bond donors (Lipinski definition) is 1. The molecule has 2 aromatic heterocycles. The number of nitrogens with one attached hydrogen (secondary N) is 1. The van der Waals surface area contributed by atoms with Crippen molar-refractivity contribution in [1.82, 2.24) is 19.4 Å². The number of aromatic nitrogens is 4. The molecule has 0 atom stereocenters. The first-order valence-electron chi connectivity index (χ1n) is 9.75. The fraction of sp³-hybridized carbons (Fsp3) is 0.0870. The zero-order chi connectivity index (χ0) is 21.5. The minimum absolute atomic E-state index is 0.376. The third-order valence-corrected chi connectivity index (χ3v) is 6.07. The lowest BCUT2D eigenvalue weighted by Crippen LogP contribution is -1.96. The van der Waals surface area contributed by atoms with Crippen molar-refractivity contribution in [2.75, 3.05) is 0 Å². The summed E-state index contributed by atoms with van der Waals surface area (Å²) in [4.78, 5) is 0. The Morgan fingerprint density at radius 2 is 1.84 bits per heavy atom. The lowest BCUT2D eigenvalue weighted by atomic mass is 10.1. The number of para-hydroxylation sites is 1. The second-order valence-corrected chi connectivity index (χ2v) is 8.30. The van der Waals surface area contributed by atoms with Crippen LogP contribution in [-0.2, 0) is 6.54 Å². The average molecular weight is 466 g/mol. The minimum atomic E-state index is 0.376. The van der Waals surface area contributed by atoms with E-state index in [1.807, 2.05) is 0 Å². The number of nitrogens with zero attached hydrogens (tertiary/aromatic N) is 4. The van der Waals surface area contributed by atoms with Gasteiger partial charge in [-0.25, -0.2) is 5.10 Å².